The number of urea groups is 1. The van der Waals surface area contributed by atoms with Gasteiger partial charge in [-0.2, -0.15) is 0 Å². The third kappa shape index (κ3) is 4.79. The summed E-state index contributed by atoms with van der Waals surface area (Å²) in [6.07, 6.45) is 7.64. The molecule has 5 rings (SSSR count). The van der Waals surface area contributed by atoms with E-state index in [-0.39, 0.29) is 24.6 Å². The predicted octanol–water partition coefficient (Wildman–Crippen LogP) is 3.71. The van der Waals surface area contributed by atoms with Crippen molar-refractivity contribution in [1.82, 2.24) is 19.7 Å². The number of carbonyl (C=O) groups excluding carboxylic acids is 4. The molecular weight excluding hydrogens is 456 g/mol. The molecule has 8 heteroatoms. The van der Waals surface area contributed by atoms with Crippen LogP contribution < -0.4 is 5.32 Å². The number of likely N-dealkylation sites (tertiary alicyclic amines) is 1. The van der Waals surface area contributed by atoms with Gasteiger partial charge in [-0.25, -0.2) is 4.79 Å². The second-order valence-electron chi connectivity index (χ2n) is 9.22. The van der Waals surface area contributed by atoms with E-state index in [1.165, 1.54) is 6.08 Å². The molecule has 5 amide bonds. The average Bonchev–Trinajstić information content (AvgIpc) is 3.04. The van der Waals surface area contributed by atoms with Gasteiger partial charge in [0.1, 0.15) is 12.1 Å². The number of nitrogens with zero attached hydrogens (tertiary/aromatic N) is 3. The van der Waals surface area contributed by atoms with Gasteiger partial charge in [0, 0.05) is 35.8 Å². The highest BCUT2D eigenvalue weighted by molar-refractivity contribution is 6.31. The van der Waals surface area contributed by atoms with Crippen LogP contribution in [-0.4, -0.2) is 51.2 Å². The van der Waals surface area contributed by atoms with Crippen LogP contribution in [0.5, 0.6) is 0 Å². The van der Waals surface area contributed by atoms with E-state index in [4.69, 9.17) is 0 Å². The fourth-order valence-corrected chi connectivity index (χ4v) is 4.85. The molecule has 0 atom stereocenters. The van der Waals surface area contributed by atoms with Gasteiger partial charge in [0.25, 0.3) is 11.8 Å². The zero-order valence-electron chi connectivity index (χ0n) is 20.0. The highest BCUT2D eigenvalue weighted by Gasteiger charge is 2.36. The highest BCUT2D eigenvalue weighted by Crippen LogP contribution is 2.26. The lowest BCUT2D eigenvalue weighted by molar-refractivity contribution is -0.132. The number of carbonyl (C=O) groups is 4. The molecule has 2 aliphatic heterocycles. The summed E-state index contributed by atoms with van der Waals surface area (Å²) >= 11 is 0. The summed E-state index contributed by atoms with van der Waals surface area (Å²) in [5, 5.41) is 3.10. The fourth-order valence-electron chi connectivity index (χ4n) is 4.85. The Labute approximate surface area is 209 Å². The minimum atomic E-state index is -0.739. The molecule has 0 radical (unpaired) electrons. The van der Waals surface area contributed by atoms with E-state index < -0.39 is 17.8 Å². The molecule has 3 aromatic rings. The zero-order valence-corrected chi connectivity index (χ0v) is 20.0. The first kappa shape index (κ1) is 23.5. The number of barbiturate groups is 1. The van der Waals surface area contributed by atoms with E-state index >= 15 is 0 Å². The lowest BCUT2D eigenvalue weighted by atomic mass is 10.1. The molecule has 0 aliphatic carbocycles. The smallest absolute Gasteiger partial charge is 0.331 e. The molecule has 1 N–H and O–H groups in total. The Hall–Kier alpha value is -4.20. The molecule has 1 aromatic heterocycles. The quantitative estimate of drug-likeness (QED) is 0.442. The first-order chi connectivity index (χ1) is 17.5. The Kier molecular flexibility index (Phi) is 6.66. The second-order valence-corrected chi connectivity index (χ2v) is 9.22. The average molecular weight is 485 g/mol. The molecular formula is C28H28N4O4. The third-order valence-corrected chi connectivity index (χ3v) is 6.75. The molecule has 0 bridgehead atoms. The van der Waals surface area contributed by atoms with Crippen molar-refractivity contribution < 1.29 is 19.2 Å². The van der Waals surface area contributed by atoms with E-state index in [2.05, 4.69) is 5.32 Å². The van der Waals surface area contributed by atoms with E-state index in [1.807, 2.05) is 64.1 Å². The SMILES string of the molecule is O=C1NC(=O)N(Cc2ccccc2)C(=O)/C1=C/c1cn(CC(=O)N2CCCCCC2)c2ccccc12. The third-order valence-electron chi connectivity index (χ3n) is 6.75. The summed E-state index contributed by atoms with van der Waals surface area (Å²) in [5.41, 5.74) is 2.14. The molecule has 8 nitrogen and oxygen atoms in total. The first-order valence-electron chi connectivity index (χ1n) is 12.3. The summed E-state index contributed by atoms with van der Waals surface area (Å²) in [6.45, 7) is 1.79. The topological polar surface area (TPSA) is 91.7 Å². The lowest BCUT2D eigenvalue weighted by Gasteiger charge is -2.26. The summed E-state index contributed by atoms with van der Waals surface area (Å²) in [5.74, 6) is -1.32. The van der Waals surface area contributed by atoms with Crippen molar-refractivity contribution in [3.8, 4) is 0 Å². The largest absolute Gasteiger partial charge is 0.341 e. The maximum absolute atomic E-state index is 13.2. The van der Waals surface area contributed by atoms with Crippen molar-refractivity contribution in [1.29, 1.82) is 0 Å². The van der Waals surface area contributed by atoms with Crippen LogP contribution in [0.15, 0.2) is 66.4 Å². The predicted molar refractivity (Wildman–Crippen MR) is 135 cm³/mol. The van der Waals surface area contributed by atoms with Crippen LogP contribution in [0.2, 0.25) is 0 Å². The van der Waals surface area contributed by atoms with Crippen LogP contribution in [0, 0.1) is 0 Å². The van der Waals surface area contributed by atoms with Gasteiger partial charge in [-0.1, -0.05) is 61.4 Å². The molecule has 0 saturated carbocycles. The number of para-hydroxylation sites is 1. The number of fused-ring (bicyclic) bond motifs is 1. The zero-order chi connectivity index (χ0) is 25.1. The fraction of sp³-hybridized carbons (Fsp3) is 0.286. The highest BCUT2D eigenvalue weighted by atomic mass is 16.2. The van der Waals surface area contributed by atoms with Gasteiger partial charge in [0.15, 0.2) is 0 Å². The van der Waals surface area contributed by atoms with Crippen molar-refractivity contribution in [2.75, 3.05) is 13.1 Å². The molecule has 2 aliphatic rings. The van der Waals surface area contributed by atoms with Crippen molar-refractivity contribution in [2.45, 2.75) is 38.8 Å². The molecule has 0 unspecified atom stereocenters. The Morgan fingerprint density at radius 3 is 2.33 bits per heavy atom. The Morgan fingerprint density at radius 2 is 1.58 bits per heavy atom. The van der Waals surface area contributed by atoms with Crippen LogP contribution in [0.3, 0.4) is 0 Å². The number of hydrogen-bond donors (Lipinski definition) is 1. The van der Waals surface area contributed by atoms with Crippen LogP contribution >= 0.6 is 0 Å². The van der Waals surface area contributed by atoms with Crippen LogP contribution in [-0.2, 0) is 27.5 Å². The Balaban J connectivity index is 1.45. The summed E-state index contributed by atoms with van der Waals surface area (Å²) < 4.78 is 1.87. The van der Waals surface area contributed by atoms with Gasteiger partial charge in [-0.3, -0.25) is 24.6 Å². The Morgan fingerprint density at radius 1 is 0.889 bits per heavy atom. The molecule has 3 heterocycles. The summed E-state index contributed by atoms with van der Waals surface area (Å²) in [7, 11) is 0. The van der Waals surface area contributed by atoms with E-state index in [9.17, 15) is 19.2 Å². The number of amides is 5. The van der Waals surface area contributed by atoms with Gasteiger partial charge in [-0.15, -0.1) is 0 Å². The summed E-state index contributed by atoms with van der Waals surface area (Å²) in [6, 6.07) is 16.0. The van der Waals surface area contributed by atoms with Gasteiger partial charge >= 0.3 is 6.03 Å². The van der Waals surface area contributed by atoms with Crippen molar-refractivity contribution in [3.63, 3.8) is 0 Å². The van der Waals surface area contributed by atoms with E-state index in [0.717, 1.165) is 60.1 Å². The standard InChI is InChI=1S/C28H28N4O4/c33-25(30-14-8-1-2-9-15-30)19-31-18-21(22-12-6-7-13-24(22)31)16-23-26(34)29-28(36)32(27(23)35)17-20-10-4-3-5-11-20/h3-7,10-13,16,18H,1-2,8-9,14-15,17,19H2,(H,29,34,36)/b23-16+. The number of nitrogens with one attached hydrogen (secondary N) is 1. The Bertz CT molecular complexity index is 1350. The molecule has 184 valence electrons. The number of benzene rings is 2. The number of aromatic nitrogens is 1. The van der Waals surface area contributed by atoms with Crippen LogP contribution in [0.25, 0.3) is 17.0 Å². The summed E-state index contributed by atoms with van der Waals surface area (Å²) in [4.78, 5) is 54.3. The normalized spacial score (nSPS) is 18.0. The van der Waals surface area contributed by atoms with Gasteiger partial charge in [0.2, 0.25) is 5.91 Å². The van der Waals surface area contributed by atoms with E-state index in [0.29, 0.717) is 5.56 Å². The van der Waals surface area contributed by atoms with Gasteiger partial charge in [0.05, 0.1) is 6.54 Å². The first-order valence-corrected chi connectivity index (χ1v) is 12.3. The second kappa shape index (κ2) is 10.2. The van der Waals surface area contributed by atoms with Gasteiger partial charge in [-0.05, 0) is 30.5 Å². The monoisotopic (exact) mass is 484 g/mol. The van der Waals surface area contributed by atoms with Crippen LogP contribution in [0.1, 0.15) is 36.8 Å². The number of hydrogen-bond acceptors (Lipinski definition) is 4. The lowest BCUT2D eigenvalue weighted by Crippen LogP contribution is -2.53. The van der Waals surface area contributed by atoms with Crippen molar-refractivity contribution in [3.05, 3.63) is 77.5 Å². The molecule has 0 spiro atoms. The molecule has 2 aromatic carbocycles. The van der Waals surface area contributed by atoms with Gasteiger partial charge < -0.3 is 9.47 Å². The molecule has 36 heavy (non-hydrogen) atoms. The number of imide groups is 2. The minimum Gasteiger partial charge on any atom is -0.341 e. The maximum atomic E-state index is 13.2. The van der Waals surface area contributed by atoms with E-state index in [1.54, 1.807) is 6.20 Å². The van der Waals surface area contributed by atoms with Crippen molar-refractivity contribution >= 4 is 40.7 Å². The van der Waals surface area contributed by atoms with Crippen LogP contribution in [0.4, 0.5) is 4.79 Å². The molecule has 2 saturated heterocycles. The van der Waals surface area contributed by atoms with Crippen molar-refractivity contribution in [2.24, 2.45) is 0 Å². The maximum Gasteiger partial charge on any atom is 0.331 e. The minimum absolute atomic E-state index is 0.0578. The molecule has 2 fully saturated rings. The number of rotatable bonds is 5.